The molecule has 6 heterocycles. The lowest BCUT2D eigenvalue weighted by Gasteiger charge is -2.19. The van der Waals surface area contributed by atoms with E-state index in [2.05, 4.69) is 38.6 Å². The molecule has 3 aliphatic rings. The summed E-state index contributed by atoms with van der Waals surface area (Å²) < 4.78 is 28.0. The predicted octanol–water partition coefficient (Wildman–Crippen LogP) is -6.23. The van der Waals surface area contributed by atoms with Crippen LogP contribution in [0.5, 0.6) is 0 Å². The quantitative estimate of drug-likeness (QED) is 0.0701. The SMILES string of the molecule is CC[C@H]1O[C@@H](c2cn(C)c(=O)n(C)c2=O)C(O)[C@H]1O.COC(OC)N(C)C.NC(N)=S.O=c1[nH]c(=S)[nH]cc1[C@@H]1O[C@H](CO)[C@H](O)C1O.O=c1[nH]cc([C@@H]2O[C@H](CO)[C@H](O)C2O)c(=O)[nH]1. The zero-order valence-corrected chi connectivity index (χ0v) is 38.0. The number of methoxy groups -OCH3 is 2. The molecule has 0 saturated carbocycles. The maximum absolute atomic E-state index is 12.1. The fourth-order valence-electron chi connectivity index (χ4n) is 6.47. The van der Waals surface area contributed by atoms with E-state index in [0.717, 1.165) is 10.8 Å². The Bertz CT molecular complexity index is 2240. The van der Waals surface area contributed by atoms with Crippen LogP contribution in [0.4, 0.5) is 0 Å². The van der Waals surface area contributed by atoms with Crippen LogP contribution in [0.3, 0.4) is 0 Å². The Morgan fingerprint density at radius 2 is 1.14 bits per heavy atom. The van der Waals surface area contributed by atoms with Gasteiger partial charge in [0.15, 0.2) is 9.88 Å². The predicted molar refractivity (Wildman–Crippen MR) is 233 cm³/mol. The molecule has 6 rings (SSSR count). The van der Waals surface area contributed by atoms with Crippen molar-refractivity contribution in [2.75, 3.05) is 41.5 Å². The first-order valence-electron chi connectivity index (χ1n) is 19.4. The summed E-state index contributed by atoms with van der Waals surface area (Å²) in [6.45, 7) is 0.910. The molecule has 27 nitrogen and oxygen atoms in total. The highest BCUT2D eigenvalue weighted by Gasteiger charge is 2.46. The van der Waals surface area contributed by atoms with Crippen molar-refractivity contribution in [2.24, 2.45) is 25.6 Å². The normalized spacial score (nSPS) is 28.0. The fraction of sp³-hybridized carbons (Fsp3) is 0.639. The van der Waals surface area contributed by atoms with Gasteiger partial charge in [-0.2, -0.15) is 0 Å². The van der Waals surface area contributed by atoms with Crippen LogP contribution in [0.2, 0.25) is 0 Å². The van der Waals surface area contributed by atoms with E-state index in [1.165, 1.54) is 31.1 Å². The molecule has 0 amide bonds. The van der Waals surface area contributed by atoms with E-state index in [1.54, 1.807) is 14.2 Å². The molecule has 3 saturated heterocycles. The van der Waals surface area contributed by atoms with E-state index >= 15 is 0 Å². The van der Waals surface area contributed by atoms with Crippen molar-refractivity contribution in [1.82, 2.24) is 34.0 Å². The summed E-state index contributed by atoms with van der Waals surface area (Å²) in [6, 6.07) is 0. The number of hydrogen-bond acceptors (Lipinski definition) is 21. The average Bonchev–Trinajstić information content (AvgIpc) is 3.82. The third-order valence-corrected chi connectivity index (χ3v) is 9.98. The van der Waals surface area contributed by atoms with E-state index in [1.807, 2.05) is 30.9 Å². The number of hydrogen-bond donors (Lipinski definition) is 14. The molecule has 0 spiro atoms. The van der Waals surface area contributed by atoms with Crippen molar-refractivity contribution < 1.29 is 64.5 Å². The lowest BCUT2D eigenvalue weighted by atomic mass is 10.0. The van der Waals surface area contributed by atoms with Crippen molar-refractivity contribution >= 4 is 29.5 Å². The molecule has 3 aromatic rings. The lowest BCUT2D eigenvalue weighted by Crippen LogP contribution is -2.40. The van der Waals surface area contributed by atoms with Crippen LogP contribution >= 0.6 is 24.4 Å². The second-order valence-corrected chi connectivity index (χ2v) is 15.4. The van der Waals surface area contributed by atoms with Gasteiger partial charge in [-0.25, -0.2) is 9.59 Å². The molecule has 3 unspecified atom stereocenters. The monoisotopic (exact) mass is 969 g/mol. The number of thiocarbonyl (C=S) groups is 1. The summed E-state index contributed by atoms with van der Waals surface area (Å²) in [5.74, 6) is 0. The standard InChI is InChI=1S/C12H18N2O5.C9H12N2O6.C9H12N2O5S.C5H13NO2.CH4N2S/c1-4-7-8(15)9(16)10(19-7)6-5-13(2)12(18)14(3)11(6)17;12-2-4-5(13)6(14)7(17-4)3-1-10-9(16)11-8(3)15;12-2-4-5(13)6(14)7(16-4)3-1-10-9(17)11-8(3)15;1-6(2)5(7-3)8-4;2-1(3)4/h5,7-10,15-16H,4H2,1-3H3;1,4-7,12-14H,2H2,(H2,10,11,15,16);1,4-7,12-14H,2H2,(H2,10,11,15,17);5H,1-4H3;(H4,2,3,4)/t7-,8+,9?,10+;2*4-,5+,6?,7+;;/m111../s1. The summed E-state index contributed by atoms with van der Waals surface area (Å²) in [5, 5.41) is 76.1. The molecule has 0 aliphatic carbocycles. The van der Waals surface area contributed by atoms with E-state index in [4.69, 9.17) is 46.1 Å². The van der Waals surface area contributed by atoms with E-state index < -0.39 is 115 Å². The van der Waals surface area contributed by atoms with Gasteiger partial charge < -0.3 is 90.5 Å². The molecule has 65 heavy (non-hydrogen) atoms. The average molecular weight is 970 g/mol. The van der Waals surface area contributed by atoms with E-state index in [0.29, 0.717) is 6.42 Å². The molecule has 0 aromatic carbocycles. The largest absolute Gasteiger partial charge is 0.394 e. The number of aliphatic hydroxyl groups is 8. The van der Waals surface area contributed by atoms with Gasteiger partial charge >= 0.3 is 11.4 Å². The van der Waals surface area contributed by atoms with Crippen LogP contribution < -0.4 is 39.5 Å². The summed E-state index contributed by atoms with van der Waals surface area (Å²) in [7, 11) is 9.86. The Morgan fingerprint density at radius 3 is 1.48 bits per heavy atom. The Hall–Kier alpha value is -4.41. The molecular weight excluding hydrogens is 911 g/mol. The molecule has 368 valence electrons. The first-order chi connectivity index (χ1) is 30.4. The number of nitrogens with zero attached hydrogens (tertiary/aromatic N) is 3. The maximum Gasteiger partial charge on any atom is 0.330 e. The molecule has 0 radical (unpaired) electrons. The summed E-state index contributed by atoms with van der Waals surface area (Å²) in [6.07, 6.45) is -8.57. The molecule has 16 N–H and O–H groups in total. The first kappa shape index (κ1) is 56.7. The van der Waals surface area contributed by atoms with Gasteiger partial charge in [0.1, 0.15) is 67.1 Å². The van der Waals surface area contributed by atoms with Gasteiger partial charge in [-0.05, 0) is 45.0 Å². The van der Waals surface area contributed by atoms with Gasteiger partial charge in [0.25, 0.3) is 16.7 Å². The number of aromatic amines is 4. The van der Waals surface area contributed by atoms with Crippen molar-refractivity contribution in [3.63, 3.8) is 0 Å². The molecule has 3 fully saturated rings. The van der Waals surface area contributed by atoms with Crippen molar-refractivity contribution in [1.29, 1.82) is 0 Å². The third kappa shape index (κ3) is 14.8. The molecule has 3 aliphatic heterocycles. The number of aromatic nitrogens is 6. The number of aryl methyl sites for hydroxylation is 1. The number of ether oxygens (including phenoxy) is 5. The highest BCUT2D eigenvalue weighted by atomic mass is 32.1. The van der Waals surface area contributed by atoms with Gasteiger partial charge in [0, 0.05) is 46.9 Å². The van der Waals surface area contributed by atoms with Crippen molar-refractivity contribution in [2.45, 2.75) is 93.0 Å². The van der Waals surface area contributed by atoms with E-state index in [9.17, 15) is 54.6 Å². The van der Waals surface area contributed by atoms with Gasteiger partial charge in [0.2, 0.25) is 6.41 Å². The fourth-order valence-corrected chi connectivity index (χ4v) is 6.62. The number of aliphatic hydroxyl groups excluding tert-OH is 8. The Kier molecular flexibility index (Phi) is 22.7. The highest BCUT2D eigenvalue weighted by Crippen LogP contribution is 2.34. The van der Waals surface area contributed by atoms with Crippen LogP contribution in [-0.2, 0) is 37.8 Å². The first-order valence-corrected chi connectivity index (χ1v) is 20.2. The van der Waals surface area contributed by atoms with Gasteiger partial charge in [-0.3, -0.25) is 33.8 Å². The maximum atomic E-state index is 12.1. The minimum Gasteiger partial charge on any atom is -0.394 e. The Morgan fingerprint density at radius 1 is 0.738 bits per heavy atom. The van der Waals surface area contributed by atoms with Crippen LogP contribution in [0.1, 0.15) is 48.3 Å². The molecule has 3 aromatic heterocycles. The van der Waals surface area contributed by atoms with Crippen LogP contribution in [-0.4, -0.2) is 183 Å². The summed E-state index contributed by atoms with van der Waals surface area (Å²) in [4.78, 5) is 68.5. The minimum absolute atomic E-state index is 0.000000000000000222. The third-order valence-electron chi connectivity index (χ3n) is 9.76. The molecule has 0 bridgehead atoms. The number of nitrogens with two attached hydrogens (primary N) is 2. The Labute approximate surface area is 379 Å². The molecule has 29 heteroatoms. The second-order valence-electron chi connectivity index (χ2n) is 14.5. The highest BCUT2D eigenvalue weighted by molar-refractivity contribution is 7.80. The van der Waals surface area contributed by atoms with Crippen LogP contribution in [0.25, 0.3) is 0 Å². The topological polar surface area (TPSA) is 422 Å². The minimum atomic E-state index is -1.33. The zero-order chi connectivity index (χ0) is 49.6. The number of nitrogens with one attached hydrogen (secondary N) is 4. The van der Waals surface area contributed by atoms with Gasteiger partial charge in [0.05, 0.1) is 36.0 Å². The van der Waals surface area contributed by atoms with E-state index in [-0.39, 0.29) is 33.0 Å². The van der Waals surface area contributed by atoms with Crippen molar-refractivity contribution in [3.05, 3.63) is 92.1 Å². The molecular formula is C36H59N9O18S2. The molecule has 12 atom stereocenters. The summed E-state index contributed by atoms with van der Waals surface area (Å²) >= 11 is 8.82. The van der Waals surface area contributed by atoms with Crippen LogP contribution in [0.15, 0.2) is 42.6 Å². The van der Waals surface area contributed by atoms with Gasteiger partial charge in [-0.1, -0.05) is 6.92 Å². The lowest BCUT2D eigenvalue weighted by molar-refractivity contribution is -0.179. The van der Waals surface area contributed by atoms with Crippen molar-refractivity contribution in [3.8, 4) is 0 Å². The van der Waals surface area contributed by atoms with Crippen LogP contribution in [0, 0.1) is 4.77 Å². The Balaban J connectivity index is 0.000000298. The van der Waals surface area contributed by atoms with Gasteiger partial charge in [-0.15, -0.1) is 0 Å². The summed E-state index contributed by atoms with van der Waals surface area (Å²) in [5.41, 5.74) is 6.69. The number of H-pyrrole nitrogens is 4. The smallest absolute Gasteiger partial charge is 0.330 e. The number of rotatable bonds is 9. The zero-order valence-electron chi connectivity index (χ0n) is 36.3. The second kappa shape index (κ2) is 26.1.